The van der Waals surface area contributed by atoms with Gasteiger partial charge in [-0.25, -0.2) is 0 Å². The minimum absolute atomic E-state index is 0.121. The van der Waals surface area contributed by atoms with Gasteiger partial charge in [-0.2, -0.15) is 0 Å². The third-order valence-electron chi connectivity index (χ3n) is 3.70. The molecule has 0 saturated carbocycles. The van der Waals surface area contributed by atoms with E-state index in [1.807, 2.05) is 0 Å². The molecule has 0 unspecified atom stereocenters. The Bertz CT molecular complexity index is 369. The summed E-state index contributed by atoms with van der Waals surface area (Å²) in [5.41, 5.74) is 2.84. The van der Waals surface area contributed by atoms with Crippen LogP contribution in [0.3, 0.4) is 0 Å². The Balaban J connectivity index is 2.05. The normalized spacial score (nSPS) is 22.0. The van der Waals surface area contributed by atoms with Crippen LogP contribution >= 0.6 is 0 Å². The van der Waals surface area contributed by atoms with Crippen molar-refractivity contribution < 1.29 is 5.11 Å². The highest BCUT2D eigenvalue weighted by molar-refractivity contribution is 5.27. The smallest absolute Gasteiger partial charge is 0.0679 e. The molecule has 17 heavy (non-hydrogen) atoms. The summed E-state index contributed by atoms with van der Waals surface area (Å²) in [6, 6.07) is 8.80. The van der Waals surface area contributed by atoms with Crippen LogP contribution < -0.4 is 0 Å². The average molecular weight is 233 g/mol. The fraction of sp³-hybridized carbons (Fsp3) is 0.600. The standard InChI is InChI=1S/C15H23NO/c1-12-4-6-13(7-5-12)15(2,3)11-16-9-8-14(17)10-16/h4-7,14,17H,8-11H2,1-3H3/t14-/m1/s1. The minimum Gasteiger partial charge on any atom is -0.392 e. The van der Waals surface area contributed by atoms with Crippen molar-refractivity contribution in [3.05, 3.63) is 35.4 Å². The monoisotopic (exact) mass is 233 g/mol. The Hall–Kier alpha value is -0.860. The van der Waals surface area contributed by atoms with Crippen molar-refractivity contribution in [2.75, 3.05) is 19.6 Å². The number of nitrogens with zero attached hydrogens (tertiary/aromatic N) is 1. The Morgan fingerprint density at radius 1 is 1.29 bits per heavy atom. The van der Waals surface area contributed by atoms with Gasteiger partial charge in [0.25, 0.3) is 0 Å². The third kappa shape index (κ3) is 3.08. The van der Waals surface area contributed by atoms with Crippen LogP contribution in [0.5, 0.6) is 0 Å². The number of hydrogen-bond donors (Lipinski definition) is 1. The molecule has 1 aromatic carbocycles. The van der Waals surface area contributed by atoms with Crippen LogP contribution in [0.25, 0.3) is 0 Å². The zero-order chi connectivity index (χ0) is 12.5. The van der Waals surface area contributed by atoms with E-state index in [4.69, 9.17) is 0 Å². The molecule has 2 rings (SSSR count). The fourth-order valence-corrected chi connectivity index (χ4v) is 2.61. The molecule has 0 spiro atoms. The first kappa shape index (κ1) is 12.6. The van der Waals surface area contributed by atoms with E-state index in [-0.39, 0.29) is 11.5 Å². The summed E-state index contributed by atoms with van der Waals surface area (Å²) in [6.07, 6.45) is 0.799. The lowest BCUT2D eigenvalue weighted by Gasteiger charge is -2.30. The number of benzene rings is 1. The fourth-order valence-electron chi connectivity index (χ4n) is 2.61. The molecule has 0 aliphatic carbocycles. The Morgan fingerprint density at radius 3 is 2.47 bits per heavy atom. The maximum Gasteiger partial charge on any atom is 0.0679 e. The number of likely N-dealkylation sites (tertiary alicyclic amines) is 1. The van der Waals surface area contributed by atoms with Crippen LogP contribution in [0, 0.1) is 6.92 Å². The van der Waals surface area contributed by atoms with Gasteiger partial charge < -0.3 is 5.11 Å². The van der Waals surface area contributed by atoms with Gasteiger partial charge in [-0.05, 0) is 18.9 Å². The van der Waals surface area contributed by atoms with E-state index in [9.17, 15) is 5.11 Å². The Kier molecular flexibility index (Phi) is 3.55. The highest BCUT2D eigenvalue weighted by Crippen LogP contribution is 2.26. The summed E-state index contributed by atoms with van der Waals surface area (Å²) in [6.45, 7) is 9.55. The first-order valence-corrected chi connectivity index (χ1v) is 6.45. The Morgan fingerprint density at radius 2 is 1.94 bits per heavy atom. The molecule has 1 saturated heterocycles. The molecule has 1 N–H and O–H groups in total. The average Bonchev–Trinajstić information content (AvgIpc) is 2.63. The van der Waals surface area contributed by atoms with Gasteiger partial charge in [0.1, 0.15) is 0 Å². The lowest BCUT2D eigenvalue weighted by Crippen LogP contribution is -2.36. The summed E-state index contributed by atoms with van der Waals surface area (Å²) in [5, 5.41) is 9.56. The molecule has 1 aromatic rings. The van der Waals surface area contributed by atoms with Crippen molar-refractivity contribution >= 4 is 0 Å². The summed E-state index contributed by atoms with van der Waals surface area (Å²) in [4.78, 5) is 2.37. The van der Waals surface area contributed by atoms with Crippen LogP contribution in [-0.4, -0.2) is 35.7 Å². The molecule has 0 radical (unpaired) electrons. The largest absolute Gasteiger partial charge is 0.392 e. The molecule has 1 heterocycles. The summed E-state index contributed by atoms with van der Waals surface area (Å²) in [7, 11) is 0. The number of hydrogen-bond acceptors (Lipinski definition) is 2. The Labute approximate surface area is 104 Å². The molecular formula is C15H23NO. The summed E-state index contributed by atoms with van der Waals surface area (Å²) in [5.74, 6) is 0. The molecule has 1 atom stereocenters. The van der Waals surface area contributed by atoms with E-state index >= 15 is 0 Å². The molecule has 1 fully saturated rings. The zero-order valence-electron chi connectivity index (χ0n) is 11.1. The number of aliphatic hydroxyl groups is 1. The van der Waals surface area contributed by atoms with Crippen molar-refractivity contribution in [3.63, 3.8) is 0 Å². The molecule has 94 valence electrons. The van der Waals surface area contributed by atoms with Gasteiger partial charge >= 0.3 is 0 Å². The van der Waals surface area contributed by atoms with Gasteiger partial charge in [0.05, 0.1) is 6.10 Å². The highest BCUT2D eigenvalue weighted by atomic mass is 16.3. The van der Waals surface area contributed by atoms with E-state index in [1.165, 1.54) is 11.1 Å². The van der Waals surface area contributed by atoms with E-state index in [1.54, 1.807) is 0 Å². The van der Waals surface area contributed by atoms with Crippen molar-refractivity contribution in [1.82, 2.24) is 4.90 Å². The topological polar surface area (TPSA) is 23.5 Å². The number of aryl methyl sites for hydroxylation is 1. The molecule has 0 aromatic heterocycles. The lowest BCUT2D eigenvalue weighted by atomic mass is 9.84. The third-order valence-corrected chi connectivity index (χ3v) is 3.70. The van der Waals surface area contributed by atoms with Crippen molar-refractivity contribution in [2.24, 2.45) is 0 Å². The van der Waals surface area contributed by atoms with E-state index < -0.39 is 0 Å². The van der Waals surface area contributed by atoms with Crippen LogP contribution in [0.2, 0.25) is 0 Å². The van der Waals surface area contributed by atoms with Crippen LogP contribution in [0.4, 0.5) is 0 Å². The summed E-state index contributed by atoms with van der Waals surface area (Å²) < 4.78 is 0. The SMILES string of the molecule is Cc1ccc(C(C)(C)CN2CC[C@@H](O)C2)cc1. The maximum absolute atomic E-state index is 9.56. The molecule has 0 bridgehead atoms. The molecule has 1 aliphatic heterocycles. The second-order valence-corrected chi connectivity index (χ2v) is 5.93. The molecule has 2 nitrogen and oxygen atoms in total. The first-order chi connectivity index (χ1) is 7.97. The van der Waals surface area contributed by atoms with Crippen molar-refractivity contribution in [3.8, 4) is 0 Å². The number of β-amino-alcohol motifs (C(OH)–C–C–N with tert-alkyl or cyclic N) is 1. The van der Waals surface area contributed by atoms with Crippen molar-refractivity contribution in [1.29, 1.82) is 0 Å². The van der Waals surface area contributed by atoms with Gasteiger partial charge in [-0.1, -0.05) is 43.7 Å². The van der Waals surface area contributed by atoms with Crippen molar-refractivity contribution in [2.45, 2.75) is 38.7 Å². The molecule has 0 amide bonds. The first-order valence-electron chi connectivity index (χ1n) is 6.45. The molecular weight excluding hydrogens is 210 g/mol. The van der Waals surface area contributed by atoms with Crippen LogP contribution in [-0.2, 0) is 5.41 Å². The lowest BCUT2D eigenvalue weighted by molar-refractivity contribution is 0.168. The van der Waals surface area contributed by atoms with Gasteiger partial charge in [0.2, 0.25) is 0 Å². The van der Waals surface area contributed by atoms with Crippen LogP contribution in [0.15, 0.2) is 24.3 Å². The van der Waals surface area contributed by atoms with Gasteiger partial charge in [0, 0.05) is 25.0 Å². The number of aliphatic hydroxyl groups excluding tert-OH is 1. The van der Waals surface area contributed by atoms with E-state index in [0.717, 1.165) is 26.1 Å². The van der Waals surface area contributed by atoms with Gasteiger partial charge in [-0.3, -0.25) is 4.90 Å². The molecule has 1 aliphatic rings. The summed E-state index contributed by atoms with van der Waals surface area (Å²) >= 11 is 0. The zero-order valence-corrected chi connectivity index (χ0v) is 11.1. The van der Waals surface area contributed by atoms with Crippen LogP contribution in [0.1, 0.15) is 31.4 Å². The predicted molar refractivity (Wildman–Crippen MR) is 71.3 cm³/mol. The maximum atomic E-state index is 9.56. The predicted octanol–water partition coefficient (Wildman–Crippen LogP) is 2.34. The van der Waals surface area contributed by atoms with E-state index in [2.05, 4.69) is 49.9 Å². The highest BCUT2D eigenvalue weighted by Gasteiger charge is 2.28. The van der Waals surface area contributed by atoms with E-state index in [0.29, 0.717) is 0 Å². The molecule has 2 heteroatoms. The van der Waals surface area contributed by atoms with Gasteiger partial charge in [0.15, 0.2) is 0 Å². The minimum atomic E-state index is -0.121. The number of rotatable bonds is 3. The second kappa shape index (κ2) is 4.79. The van der Waals surface area contributed by atoms with Gasteiger partial charge in [-0.15, -0.1) is 0 Å². The quantitative estimate of drug-likeness (QED) is 0.866. The second-order valence-electron chi connectivity index (χ2n) is 5.93.